The Morgan fingerprint density at radius 2 is 2.00 bits per heavy atom. The average molecular weight is 458 g/mol. The molecule has 0 N–H and O–H groups in total. The van der Waals surface area contributed by atoms with Crippen LogP contribution in [0.3, 0.4) is 0 Å². The Morgan fingerprint density at radius 1 is 1.30 bits per heavy atom. The van der Waals surface area contributed by atoms with E-state index in [9.17, 15) is 14.4 Å². The Kier molecular flexibility index (Phi) is 7.32. The van der Waals surface area contributed by atoms with E-state index in [1.54, 1.807) is 39.0 Å². The van der Waals surface area contributed by atoms with Gasteiger partial charge in [-0.1, -0.05) is 15.9 Å². The minimum atomic E-state index is -0.484. The molecule has 0 aromatic heterocycles. The normalized spacial score (nSPS) is 15.6. The highest BCUT2D eigenvalue weighted by Crippen LogP contribution is 2.38. The first-order valence-electron chi connectivity index (χ1n) is 8.21. The van der Waals surface area contributed by atoms with Crippen molar-refractivity contribution >= 4 is 50.9 Å². The number of amides is 2. The first-order valence-corrected chi connectivity index (χ1v) is 9.82. The zero-order valence-electron chi connectivity index (χ0n) is 15.4. The van der Waals surface area contributed by atoms with Crippen molar-refractivity contribution < 1.29 is 28.6 Å². The van der Waals surface area contributed by atoms with E-state index >= 15 is 0 Å². The van der Waals surface area contributed by atoms with Gasteiger partial charge in [0.05, 0.1) is 18.6 Å². The molecule has 9 heteroatoms. The summed E-state index contributed by atoms with van der Waals surface area (Å²) >= 11 is 4.31. The van der Waals surface area contributed by atoms with Gasteiger partial charge in [-0.05, 0) is 56.3 Å². The molecule has 1 aromatic rings. The van der Waals surface area contributed by atoms with E-state index in [4.69, 9.17) is 14.2 Å². The number of benzene rings is 1. The maximum absolute atomic E-state index is 12.4. The highest BCUT2D eigenvalue weighted by molar-refractivity contribution is 9.10. The maximum atomic E-state index is 12.4. The molecule has 2 rings (SSSR count). The second kappa shape index (κ2) is 9.27. The van der Waals surface area contributed by atoms with Crippen LogP contribution in [0, 0.1) is 0 Å². The summed E-state index contributed by atoms with van der Waals surface area (Å²) in [6.07, 6.45) is 1.62. The van der Waals surface area contributed by atoms with Crippen LogP contribution in [0.25, 0.3) is 6.08 Å². The zero-order chi connectivity index (χ0) is 20.1. The zero-order valence-corrected chi connectivity index (χ0v) is 17.8. The molecule has 1 saturated heterocycles. The number of nitrogens with zero attached hydrogens (tertiary/aromatic N) is 1. The number of hydrogen-bond acceptors (Lipinski definition) is 7. The number of halogens is 1. The third-order valence-corrected chi connectivity index (χ3v) is 5.13. The van der Waals surface area contributed by atoms with Crippen LogP contribution in [0.4, 0.5) is 4.79 Å². The van der Waals surface area contributed by atoms with Gasteiger partial charge in [0.1, 0.15) is 0 Å². The van der Waals surface area contributed by atoms with Crippen molar-refractivity contribution in [1.82, 2.24) is 4.90 Å². The van der Waals surface area contributed by atoms with Gasteiger partial charge in [-0.3, -0.25) is 14.5 Å². The number of ether oxygens (including phenoxy) is 3. The summed E-state index contributed by atoms with van der Waals surface area (Å²) in [5.74, 6) is -0.0719. The Balaban J connectivity index is 2.27. The van der Waals surface area contributed by atoms with E-state index in [0.717, 1.165) is 11.8 Å². The largest absolute Gasteiger partial charge is 0.493 e. The highest BCUT2D eigenvalue weighted by atomic mass is 79.9. The summed E-state index contributed by atoms with van der Waals surface area (Å²) in [7, 11) is 1.47. The number of hydrogen-bond donors (Lipinski definition) is 0. The van der Waals surface area contributed by atoms with Crippen LogP contribution in [0.5, 0.6) is 11.5 Å². The average Bonchev–Trinajstić information content (AvgIpc) is 2.88. The second-order valence-corrected chi connectivity index (χ2v) is 7.61. The van der Waals surface area contributed by atoms with Gasteiger partial charge in [0.15, 0.2) is 18.1 Å². The minimum Gasteiger partial charge on any atom is -0.493 e. The van der Waals surface area contributed by atoms with E-state index in [0.29, 0.717) is 26.4 Å². The predicted molar refractivity (Wildman–Crippen MR) is 106 cm³/mol. The molecule has 0 bridgehead atoms. The summed E-state index contributed by atoms with van der Waals surface area (Å²) < 4.78 is 16.2. The van der Waals surface area contributed by atoms with Crippen molar-refractivity contribution in [2.24, 2.45) is 0 Å². The van der Waals surface area contributed by atoms with E-state index in [1.165, 1.54) is 12.0 Å². The van der Waals surface area contributed by atoms with Gasteiger partial charge >= 0.3 is 5.97 Å². The molecule has 0 saturated carbocycles. The van der Waals surface area contributed by atoms with E-state index in [-0.39, 0.29) is 30.4 Å². The maximum Gasteiger partial charge on any atom is 0.344 e. The number of imide groups is 1. The molecule has 146 valence electrons. The number of carbonyl (C=O) groups excluding carboxylic acids is 3. The number of methoxy groups -OCH3 is 1. The molecule has 1 aliphatic heterocycles. The van der Waals surface area contributed by atoms with Crippen LogP contribution in [0.2, 0.25) is 0 Å². The molecule has 1 fully saturated rings. The van der Waals surface area contributed by atoms with Crippen molar-refractivity contribution in [3.05, 3.63) is 27.1 Å². The first kappa shape index (κ1) is 21.3. The molecule has 2 amide bonds. The summed E-state index contributed by atoms with van der Waals surface area (Å²) in [6.45, 7) is 5.31. The molecule has 1 aromatic carbocycles. The van der Waals surface area contributed by atoms with Gasteiger partial charge in [0.2, 0.25) is 0 Å². The number of carbonyl (C=O) groups is 3. The third kappa shape index (κ3) is 5.04. The molecule has 0 radical (unpaired) electrons. The van der Waals surface area contributed by atoms with Crippen LogP contribution in [-0.4, -0.2) is 48.4 Å². The van der Waals surface area contributed by atoms with Gasteiger partial charge in [0.25, 0.3) is 11.1 Å². The lowest BCUT2D eigenvalue weighted by Gasteiger charge is -2.16. The number of thioether (sulfide) groups is 1. The monoisotopic (exact) mass is 457 g/mol. The lowest BCUT2D eigenvalue weighted by molar-refractivity contribution is -0.145. The smallest absolute Gasteiger partial charge is 0.344 e. The fraction of sp³-hybridized carbons (Fsp3) is 0.389. The van der Waals surface area contributed by atoms with E-state index in [2.05, 4.69) is 15.9 Å². The van der Waals surface area contributed by atoms with Crippen molar-refractivity contribution in [2.45, 2.75) is 26.8 Å². The molecule has 0 atom stereocenters. The van der Waals surface area contributed by atoms with Crippen LogP contribution < -0.4 is 9.47 Å². The van der Waals surface area contributed by atoms with Crippen molar-refractivity contribution in [2.75, 3.05) is 20.3 Å². The molecule has 1 aliphatic rings. The lowest BCUT2D eigenvalue weighted by Crippen LogP contribution is -2.34. The van der Waals surface area contributed by atoms with Crippen LogP contribution in [-0.2, 0) is 14.3 Å². The van der Waals surface area contributed by atoms with Crippen molar-refractivity contribution in [3.8, 4) is 11.5 Å². The van der Waals surface area contributed by atoms with Gasteiger partial charge in [0, 0.05) is 10.5 Å². The lowest BCUT2D eigenvalue weighted by atomic mass is 10.1. The van der Waals surface area contributed by atoms with Gasteiger partial charge in [-0.15, -0.1) is 0 Å². The van der Waals surface area contributed by atoms with Crippen LogP contribution in [0.1, 0.15) is 26.3 Å². The molecule has 7 nitrogen and oxygen atoms in total. The Morgan fingerprint density at radius 3 is 2.56 bits per heavy atom. The SMILES string of the molecule is CCOC(=O)COc1cc(Br)c(/C=C2/SC(=O)N(C(C)C)C2=O)cc1OC. The molecule has 1 heterocycles. The molecular weight excluding hydrogens is 438 g/mol. The molecule has 0 aliphatic carbocycles. The quantitative estimate of drug-likeness (QED) is 0.454. The summed E-state index contributed by atoms with van der Waals surface area (Å²) in [5.41, 5.74) is 0.643. The third-order valence-electron chi connectivity index (χ3n) is 3.56. The van der Waals surface area contributed by atoms with Gasteiger partial charge in [-0.2, -0.15) is 0 Å². The van der Waals surface area contributed by atoms with Crippen molar-refractivity contribution in [3.63, 3.8) is 0 Å². The summed E-state index contributed by atoms with van der Waals surface area (Å²) in [6, 6.07) is 3.09. The highest BCUT2D eigenvalue weighted by Gasteiger charge is 2.36. The molecular formula is C18H20BrNO6S. The van der Waals surface area contributed by atoms with Gasteiger partial charge < -0.3 is 14.2 Å². The fourth-order valence-electron chi connectivity index (χ4n) is 2.34. The van der Waals surface area contributed by atoms with Gasteiger partial charge in [-0.25, -0.2) is 4.79 Å². The number of rotatable bonds is 7. The molecule has 27 heavy (non-hydrogen) atoms. The van der Waals surface area contributed by atoms with Crippen molar-refractivity contribution in [1.29, 1.82) is 0 Å². The van der Waals surface area contributed by atoms with Crippen LogP contribution in [0.15, 0.2) is 21.5 Å². The summed E-state index contributed by atoms with van der Waals surface area (Å²) in [4.78, 5) is 37.5. The Bertz CT molecular complexity index is 792. The van der Waals surface area contributed by atoms with E-state index < -0.39 is 5.97 Å². The van der Waals surface area contributed by atoms with E-state index in [1.807, 2.05) is 0 Å². The minimum absolute atomic E-state index is 0.208. The molecule has 0 spiro atoms. The standard InChI is InChI=1S/C18H20BrNO6S/c1-5-25-16(21)9-26-14-8-12(19)11(6-13(14)24-4)7-15-17(22)20(10(2)3)18(23)27-15/h6-8,10H,5,9H2,1-4H3/b15-7+. The Hall–Kier alpha value is -2.00. The predicted octanol–water partition coefficient (Wildman–Crippen LogP) is 3.84. The fourth-order valence-corrected chi connectivity index (χ4v) is 3.73. The molecule has 0 unspecified atom stereocenters. The second-order valence-electron chi connectivity index (χ2n) is 5.76. The topological polar surface area (TPSA) is 82.1 Å². The Labute approximate surface area is 170 Å². The summed E-state index contributed by atoms with van der Waals surface area (Å²) in [5, 5.41) is -0.293. The number of esters is 1. The first-order chi connectivity index (χ1) is 12.8. The van der Waals surface area contributed by atoms with Crippen LogP contribution >= 0.6 is 27.7 Å².